The molecule has 17 heteroatoms. The summed E-state index contributed by atoms with van der Waals surface area (Å²) in [6.07, 6.45) is -11.5. The zero-order chi connectivity index (χ0) is 34.7. The number of rotatable bonds is 11. The molecule has 48 heavy (non-hydrogen) atoms. The molecule has 0 spiro atoms. The van der Waals surface area contributed by atoms with Crippen LogP contribution in [0, 0.1) is 11.8 Å². The van der Waals surface area contributed by atoms with Crippen LogP contribution in [0.3, 0.4) is 0 Å². The average molecular weight is 717 g/mol. The molecule has 2 aromatic carbocycles. The minimum atomic E-state index is -5.08. The van der Waals surface area contributed by atoms with Gasteiger partial charge in [0.25, 0.3) is 0 Å². The van der Waals surface area contributed by atoms with E-state index >= 15 is 0 Å². The van der Waals surface area contributed by atoms with Crippen LogP contribution in [0.4, 0.5) is 51.0 Å². The van der Waals surface area contributed by atoms with E-state index in [4.69, 9.17) is 0 Å². The molecule has 1 fully saturated rings. The summed E-state index contributed by atoms with van der Waals surface area (Å²) in [7, 11) is 1.55. The quantitative estimate of drug-likeness (QED) is 0.200. The number of anilines is 2. The molecule has 1 heterocycles. The molecule has 0 atom stereocenters. The number of aryl methyl sites for hydroxylation is 1. The Kier molecular flexibility index (Phi) is 12.2. The SMILES string of the molecule is CCN(CC1CCC(C(=O)O)CC1)c1ccc(OC(F)(F)F)cc1CN(Cc1cc(C(F)(F)F)cc(C(F)(F)F)c1)c1ccn(C)n1.Cl. The van der Waals surface area contributed by atoms with Crippen molar-refractivity contribution in [3.8, 4) is 5.75 Å². The van der Waals surface area contributed by atoms with Gasteiger partial charge in [0.1, 0.15) is 5.75 Å². The topological polar surface area (TPSA) is 70.8 Å². The summed E-state index contributed by atoms with van der Waals surface area (Å²) < 4.78 is 127. The Morgan fingerprint density at radius 1 is 0.896 bits per heavy atom. The van der Waals surface area contributed by atoms with E-state index in [1.54, 1.807) is 7.05 Å². The first-order chi connectivity index (χ1) is 21.8. The number of aliphatic carboxylic acids is 1. The van der Waals surface area contributed by atoms with Crippen LogP contribution in [0.25, 0.3) is 0 Å². The van der Waals surface area contributed by atoms with E-state index in [1.165, 1.54) is 27.9 Å². The lowest BCUT2D eigenvalue weighted by atomic mass is 9.81. The molecule has 1 aliphatic carbocycles. The Balaban J connectivity index is 0.00000625. The maximum absolute atomic E-state index is 13.6. The first-order valence-corrected chi connectivity index (χ1v) is 14.7. The number of alkyl halides is 9. The summed E-state index contributed by atoms with van der Waals surface area (Å²) in [6, 6.07) is 6.38. The number of nitrogens with zero attached hydrogens (tertiary/aromatic N) is 4. The van der Waals surface area contributed by atoms with Gasteiger partial charge in [-0.25, -0.2) is 0 Å². The van der Waals surface area contributed by atoms with Crippen molar-refractivity contribution >= 4 is 29.9 Å². The average Bonchev–Trinajstić information content (AvgIpc) is 3.40. The number of hydrogen-bond donors (Lipinski definition) is 1. The van der Waals surface area contributed by atoms with Gasteiger partial charge in [-0.1, -0.05) is 0 Å². The monoisotopic (exact) mass is 716 g/mol. The Labute approximate surface area is 276 Å². The van der Waals surface area contributed by atoms with Gasteiger partial charge < -0.3 is 19.6 Å². The third-order valence-electron chi connectivity index (χ3n) is 8.09. The number of carboxylic acid groups (broad SMARTS) is 1. The number of halogens is 10. The van der Waals surface area contributed by atoms with Gasteiger partial charge in [0.2, 0.25) is 0 Å². The molecular weight excluding hydrogens is 683 g/mol. The van der Waals surface area contributed by atoms with Crippen LogP contribution >= 0.6 is 12.4 Å². The van der Waals surface area contributed by atoms with E-state index in [0.717, 1.165) is 12.1 Å². The summed E-state index contributed by atoms with van der Waals surface area (Å²) in [4.78, 5) is 14.7. The smallest absolute Gasteiger partial charge is 0.481 e. The summed E-state index contributed by atoms with van der Waals surface area (Å²) >= 11 is 0. The van der Waals surface area contributed by atoms with Gasteiger partial charge in [0, 0.05) is 51.2 Å². The third kappa shape index (κ3) is 10.3. The van der Waals surface area contributed by atoms with Crippen molar-refractivity contribution in [2.24, 2.45) is 18.9 Å². The van der Waals surface area contributed by atoms with Crippen LogP contribution < -0.4 is 14.5 Å². The molecule has 7 nitrogen and oxygen atoms in total. The van der Waals surface area contributed by atoms with Crippen molar-refractivity contribution in [3.63, 3.8) is 0 Å². The molecule has 3 aromatic rings. The number of benzene rings is 2. The molecule has 0 bridgehead atoms. The van der Waals surface area contributed by atoms with E-state index in [2.05, 4.69) is 9.84 Å². The van der Waals surface area contributed by atoms with Crippen molar-refractivity contribution in [2.45, 2.75) is 64.4 Å². The van der Waals surface area contributed by atoms with Gasteiger partial charge in [-0.2, -0.15) is 31.4 Å². The van der Waals surface area contributed by atoms with Crippen LogP contribution in [0.15, 0.2) is 48.7 Å². The van der Waals surface area contributed by atoms with Crippen molar-refractivity contribution in [3.05, 3.63) is 70.9 Å². The third-order valence-corrected chi connectivity index (χ3v) is 8.09. The highest BCUT2D eigenvalue weighted by Crippen LogP contribution is 2.38. The minimum Gasteiger partial charge on any atom is -0.481 e. The standard InChI is InChI=1S/C31H33F9N4O3.ClH/c1-3-43(16-19-4-6-21(7-5-19)28(45)46)26-9-8-25(47-31(38,39)40)14-22(26)18-44(27-10-11-42(2)41-27)17-20-12-23(29(32,33)34)15-24(13-20)30(35,36)37;/h8-15,19,21H,3-7,16-18H2,1-2H3,(H,45,46);1H. The Bertz CT molecular complexity index is 1500. The number of carbonyl (C=O) groups is 1. The Hall–Kier alpha value is -3.82. The van der Waals surface area contributed by atoms with Crippen molar-refractivity contribution in [1.82, 2.24) is 9.78 Å². The second-order valence-electron chi connectivity index (χ2n) is 11.6. The highest BCUT2D eigenvalue weighted by Gasteiger charge is 2.37. The molecular formula is C31H34ClF9N4O3. The number of hydrogen-bond acceptors (Lipinski definition) is 5. The van der Waals surface area contributed by atoms with Crippen molar-refractivity contribution in [2.75, 3.05) is 22.9 Å². The fourth-order valence-corrected chi connectivity index (χ4v) is 5.82. The lowest BCUT2D eigenvalue weighted by Crippen LogP contribution is -2.34. The predicted octanol–water partition coefficient (Wildman–Crippen LogP) is 8.70. The molecule has 266 valence electrons. The van der Waals surface area contributed by atoms with Gasteiger partial charge in [0.05, 0.1) is 17.0 Å². The maximum Gasteiger partial charge on any atom is 0.573 e. The number of carboxylic acids is 1. The molecule has 0 radical (unpaired) electrons. The second kappa shape index (κ2) is 15.2. The van der Waals surface area contributed by atoms with Gasteiger partial charge in [-0.3, -0.25) is 9.48 Å². The summed E-state index contributed by atoms with van der Waals surface area (Å²) in [5.74, 6) is -1.63. The van der Waals surface area contributed by atoms with Gasteiger partial charge in [0.15, 0.2) is 5.82 Å². The van der Waals surface area contributed by atoms with Gasteiger partial charge in [-0.05, 0) is 86.1 Å². The highest BCUT2D eigenvalue weighted by molar-refractivity contribution is 5.85. The van der Waals surface area contributed by atoms with Crippen LogP contribution in [0.5, 0.6) is 5.75 Å². The Morgan fingerprint density at radius 2 is 1.50 bits per heavy atom. The largest absolute Gasteiger partial charge is 0.573 e. The molecule has 1 saturated carbocycles. The maximum atomic E-state index is 13.6. The summed E-state index contributed by atoms with van der Waals surface area (Å²) in [5, 5.41) is 13.6. The fraction of sp³-hybridized carbons (Fsp3) is 0.484. The molecule has 0 unspecified atom stereocenters. The zero-order valence-electron chi connectivity index (χ0n) is 25.8. The normalized spacial score (nSPS) is 17.1. The summed E-state index contributed by atoms with van der Waals surface area (Å²) in [5.41, 5.74) is -2.62. The lowest BCUT2D eigenvalue weighted by molar-refractivity contribution is -0.274. The minimum absolute atomic E-state index is 0. The lowest BCUT2D eigenvalue weighted by Gasteiger charge is -2.34. The van der Waals surface area contributed by atoms with E-state index < -0.39 is 54.0 Å². The van der Waals surface area contributed by atoms with Gasteiger partial charge >= 0.3 is 24.7 Å². The fourth-order valence-electron chi connectivity index (χ4n) is 5.82. The second-order valence-corrected chi connectivity index (χ2v) is 11.6. The van der Waals surface area contributed by atoms with Crippen LogP contribution in [-0.2, 0) is 37.3 Å². The highest BCUT2D eigenvalue weighted by atomic mass is 35.5. The Morgan fingerprint density at radius 3 is 1.98 bits per heavy atom. The van der Waals surface area contributed by atoms with Crippen molar-refractivity contribution < 1.29 is 54.2 Å². The van der Waals surface area contributed by atoms with Gasteiger partial charge in [-0.15, -0.1) is 25.6 Å². The molecule has 0 saturated heterocycles. The van der Waals surface area contributed by atoms with Crippen LogP contribution in [0.2, 0.25) is 0 Å². The number of ether oxygens (including phenoxy) is 1. The number of aromatic nitrogens is 2. The zero-order valence-corrected chi connectivity index (χ0v) is 26.6. The van der Waals surface area contributed by atoms with E-state index in [1.807, 2.05) is 11.8 Å². The van der Waals surface area contributed by atoms with E-state index in [9.17, 15) is 49.4 Å². The molecule has 0 amide bonds. The first kappa shape index (κ1) is 38.6. The van der Waals surface area contributed by atoms with E-state index in [-0.39, 0.29) is 47.9 Å². The van der Waals surface area contributed by atoms with E-state index in [0.29, 0.717) is 56.6 Å². The van der Waals surface area contributed by atoms with Crippen molar-refractivity contribution in [1.29, 1.82) is 0 Å². The van der Waals surface area contributed by atoms with Crippen LogP contribution in [0.1, 0.15) is 54.9 Å². The molecule has 1 aliphatic rings. The van der Waals surface area contributed by atoms with Crippen LogP contribution in [-0.4, -0.2) is 40.3 Å². The predicted molar refractivity (Wildman–Crippen MR) is 161 cm³/mol. The molecule has 4 rings (SSSR count). The summed E-state index contributed by atoms with van der Waals surface area (Å²) in [6.45, 7) is 1.91. The molecule has 1 aromatic heterocycles. The molecule has 1 N–H and O–H groups in total. The molecule has 0 aliphatic heterocycles. The first-order valence-electron chi connectivity index (χ1n) is 14.7.